The van der Waals surface area contributed by atoms with Crippen molar-refractivity contribution in [3.05, 3.63) is 23.8 Å². The minimum atomic E-state index is 0.447. The summed E-state index contributed by atoms with van der Waals surface area (Å²) in [6.45, 7) is 1.98. The Morgan fingerprint density at radius 2 is 1.86 bits per heavy atom. The minimum Gasteiger partial charge on any atom is -0.240 e. The van der Waals surface area contributed by atoms with Crippen LogP contribution in [-0.4, -0.2) is 20.3 Å². The fourth-order valence-corrected chi connectivity index (χ4v) is 1.42. The summed E-state index contributed by atoms with van der Waals surface area (Å²) < 4.78 is 4.55. The van der Waals surface area contributed by atoms with Gasteiger partial charge in [-0.2, -0.15) is 0 Å². The molecule has 5 nitrogen and oxygen atoms in total. The van der Waals surface area contributed by atoms with Crippen LogP contribution in [0.25, 0.3) is 22.3 Å². The highest BCUT2D eigenvalue weighted by atomic mass is 16.6. The monoisotopic (exact) mass is 186 g/mol. The van der Waals surface area contributed by atoms with Gasteiger partial charge in [-0.25, -0.2) is 14.6 Å². The first-order valence-electron chi connectivity index (χ1n) is 4.20. The summed E-state index contributed by atoms with van der Waals surface area (Å²) in [6.07, 6.45) is 0. The van der Waals surface area contributed by atoms with E-state index in [1.165, 1.54) is 0 Å². The summed E-state index contributed by atoms with van der Waals surface area (Å²) in [4.78, 5) is 8.58. The van der Waals surface area contributed by atoms with Gasteiger partial charge in [-0.3, -0.25) is 0 Å². The number of rotatable bonds is 0. The van der Waals surface area contributed by atoms with Gasteiger partial charge in [0.1, 0.15) is 0 Å². The summed E-state index contributed by atoms with van der Waals surface area (Å²) in [5, 5.41) is 7.29. The van der Waals surface area contributed by atoms with E-state index in [9.17, 15) is 0 Å². The van der Waals surface area contributed by atoms with Crippen LogP contribution in [0.4, 0.5) is 0 Å². The molecule has 0 aliphatic heterocycles. The van der Waals surface area contributed by atoms with Gasteiger partial charge < -0.3 is 0 Å². The van der Waals surface area contributed by atoms with Gasteiger partial charge in [0.15, 0.2) is 0 Å². The lowest BCUT2D eigenvalue weighted by molar-refractivity contribution is 0.314. The zero-order chi connectivity index (χ0) is 9.54. The molecule has 0 unspecified atom stereocenters. The molecule has 5 heteroatoms. The molecule has 14 heavy (non-hydrogen) atoms. The maximum Gasteiger partial charge on any atom is 0.243 e. The zero-order valence-corrected chi connectivity index (χ0v) is 7.43. The average Bonchev–Trinajstić information content (AvgIpc) is 2.62. The summed E-state index contributed by atoms with van der Waals surface area (Å²) in [5.74, 6) is 0. The molecule has 0 saturated carbocycles. The SMILES string of the molecule is Cc1cccc2nc3nonc3nc12. The lowest BCUT2D eigenvalue weighted by Crippen LogP contribution is -1.88. The topological polar surface area (TPSA) is 64.7 Å². The van der Waals surface area contributed by atoms with Crippen molar-refractivity contribution >= 4 is 22.3 Å². The fraction of sp³-hybridized carbons (Fsp3) is 0.111. The molecule has 2 heterocycles. The second-order valence-electron chi connectivity index (χ2n) is 3.08. The lowest BCUT2D eigenvalue weighted by atomic mass is 10.2. The minimum absolute atomic E-state index is 0.447. The normalized spacial score (nSPS) is 11.2. The third-order valence-electron chi connectivity index (χ3n) is 2.12. The number of aromatic nitrogens is 4. The number of aryl methyl sites for hydroxylation is 1. The largest absolute Gasteiger partial charge is 0.243 e. The van der Waals surface area contributed by atoms with Crippen molar-refractivity contribution < 1.29 is 4.63 Å². The maximum atomic E-state index is 4.55. The molecule has 0 atom stereocenters. The predicted molar refractivity (Wildman–Crippen MR) is 49.6 cm³/mol. The van der Waals surface area contributed by atoms with E-state index in [1.807, 2.05) is 25.1 Å². The van der Waals surface area contributed by atoms with E-state index in [4.69, 9.17) is 0 Å². The highest BCUT2D eigenvalue weighted by molar-refractivity contribution is 5.84. The van der Waals surface area contributed by atoms with Gasteiger partial charge in [-0.1, -0.05) is 12.1 Å². The quantitative estimate of drug-likeness (QED) is 0.532. The van der Waals surface area contributed by atoms with Gasteiger partial charge >= 0.3 is 0 Å². The predicted octanol–water partition coefficient (Wildman–Crippen LogP) is 1.47. The molecule has 0 saturated heterocycles. The van der Waals surface area contributed by atoms with Gasteiger partial charge in [-0.05, 0) is 28.9 Å². The fourth-order valence-electron chi connectivity index (χ4n) is 1.42. The summed E-state index contributed by atoms with van der Waals surface area (Å²) in [6, 6.07) is 5.81. The Bertz CT molecular complexity index is 616. The molecule has 0 N–H and O–H groups in total. The highest BCUT2D eigenvalue weighted by Gasteiger charge is 2.06. The van der Waals surface area contributed by atoms with Gasteiger partial charge in [-0.15, -0.1) is 0 Å². The smallest absolute Gasteiger partial charge is 0.240 e. The lowest BCUT2D eigenvalue weighted by Gasteiger charge is -1.97. The first-order valence-corrected chi connectivity index (χ1v) is 4.20. The molecule has 0 amide bonds. The third kappa shape index (κ3) is 0.891. The molecule has 68 valence electrons. The van der Waals surface area contributed by atoms with Crippen LogP contribution < -0.4 is 0 Å². The van der Waals surface area contributed by atoms with Crippen LogP contribution >= 0.6 is 0 Å². The van der Waals surface area contributed by atoms with E-state index in [0.717, 1.165) is 16.6 Å². The first kappa shape index (κ1) is 7.37. The van der Waals surface area contributed by atoms with Gasteiger partial charge in [0.2, 0.25) is 11.3 Å². The Labute approximate surface area is 78.7 Å². The Hall–Kier alpha value is -2.04. The molecule has 0 bridgehead atoms. The molecular formula is C9H6N4O. The second kappa shape index (κ2) is 2.47. The third-order valence-corrected chi connectivity index (χ3v) is 2.12. The standard InChI is InChI=1S/C9H6N4O/c1-5-3-2-4-6-7(5)11-9-8(10-6)12-14-13-9/h2-4H,1H3. The van der Waals surface area contributed by atoms with Crippen LogP contribution in [0.5, 0.6) is 0 Å². The molecule has 0 fully saturated rings. The van der Waals surface area contributed by atoms with Gasteiger partial charge in [0.25, 0.3) is 0 Å². The van der Waals surface area contributed by atoms with Crippen LogP contribution in [0.3, 0.4) is 0 Å². The molecule has 1 aromatic carbocycles. The molecule has 2 aromatic heterocycles. The van der Waals surface area contributed by atoms with Crippen LogP contribution in [0.1, 0.15) is 5.56 Å². The van der Waals surface area contributed by atoms with E-state index in [-0.39, 0.29) is 0 Å². The number of hydrogen-bond acceptors (Lipinski definition) is 5. The summed E-state index contributed by atoms with van der Waals surface area (Å²) >= 11 is 0. The van der Waals surface area contributed by atoms with Crippen molar-refractivity contribution in [3.63, 3.8) is 0 Å². The Morgan fingerprint density at radius 1 is 1.07 bits per heavy atom. The van der Waals surface area contributed by atoms with Crippen molar-refractivity contribution in [2.24, 2.45) is 0 Å². The van der Waals surface area contributed by atoms with Gasteiger partial charge in [0.05, 0.1) is 11.0 Å². The Kier molecular flexibility index (Phi) is 1.30. The van der Waals surface area contributed by atoms with E-state index in [1.54, 1.807) is 0 Å². The van der Waals surface area contributed by atoms with Crippen molar-refractivity contribution in [2.75, 3.05) is 0 Å². The Balaban J connectivity index is 2.57. The number of para-hydroxylation sites is 1. The molecule has 3 aromatic rings. The van der Waals surface area contributed by atoms with Crippen molar-refractivity contribution in [2.45, 2.75) is 6.92 Å². The number of hydrogen-bond donors (Lipinski definition) is 0. The van der Waals surface area contributed by atoms with Crippen molar-refractivity contribution in [1.82, 2.24) is 20.3 Å². The van der Waals surface area contributed by atoms with E-state index in [0.29, 0.717) is 11.3 Å². The summed E-state index contributed by atoms with van der Waals surface area (Å²) in [5.41, 5.74) is 3.62. The number of fused-ring (bicyclic) bond motifs is 2. The zero-order valence-electron chi connectivity index (χ0n) is 7.43. The number of benzene rings is 1. The van der Waals surface area contributed by atoms with Crippen LogP contribution in [0.2, 0.25) is 0 Å². The molecule has 0 spiro atoms. The number of nitrogens with zero attached hydrogens (tertiary/aromatic N) is 4. The highest BCUT2D eigenvalue weighted by Crippen LogP contribution is 2.16. The van der Waals surface area contributed by atoms with Gasteiger partial charge in [0, 0.05) is 0 Å². The molecule has 0 aliphatic rings. The average molecular weight is 186 g/mol. The van der Waals surface area contributed by atoms with E-state index in [2.05, 4.69) is 24.9 Å². The van der Waals surface area contributed by atoms with E-state index >= 15 is 0 Å². The summed E-state index contributed by atoms with van der Waals surface area (Å²) in [7, 11) is 0. The van der Waals surface area contributed by atoms with Crippen LogP contribution in [-0.2, 0) is 0 Å². The molecule has 0 radical (unpaired) electrons. The molecule has 0 aliphatic carbocycles. The second-order valence-corrected chi connectivity index (χ2v) is 3.08. The first-order chi connectivity index (χ1) is 6.84. The van der Waals surface area contributed by atoms with Crippen LogP contribution in [0, 0.1) is 6.92 Å². The molecule has 3 rings (SSSR count). The van der Waals surface area contributed by atoms with Crippen molar-refractivity contribution in [1.29, 1.82) is 0 Å². The van der Waals surface area contributed by atoms with Crippen molar-refractivity contribution in [3.8, 4) is 0 Å². The maximum absolute atomic E-state index is 4.55. The Morgan fingerprint density at radius 3 is 2.71 bits per heavy atom. The van der Waals surface area contributed by atoms with E-state index < -0.39 is 0 Å². The molecular weight excluding hydrogens is 180 g/mol. The van der Waals surface area contributed by atoms with Crippen LogP contribution in [0.15, 0.2) is 22.8 Å².